The van der Waals surface area contributed by atoms with Crippen molar-refractivity contribution in [2.24, 2.45) is 11.3 Å². The topological polar surface area (TPSA) is 129 Å². The predicted molar refractivity (Wildman–Crippen MR) is 221 cm³/mol. The Morgan fingerprint density at radius 3 is 1.88 bits per heavy atom. The monoisotopic (exact) mass is 792 g/mol. The molecule has 10 heteroatoms. The van der Waals surface area contributed by atoms with E-state index in [0.29, 0.717) is 54.1 Å². The zero-order chi connectivity index (χ0) is 42.0. The number of hydrogen-bond acceptors (Lipinski definition) is 9. The number of hydrogen-bond donors (Lipinski definition) is 2. The molecule has 1 saturated carbocycles. The van der Waals surface area contributed by atoms with Gasteiger partial charge in [0.15, 0.2) is 0 Å². The maximum absolute atomic E-state index is 16.1. The number of aliphatic hydroxyl groups excluding tert-OH is 2. The van der Waals surface area contributed by atoms with Gasteiger partial charge in [0.1, 0.15) is 24.8 Å². The molecule has 0 unspecified atom stereocenters. The number of benzene rings is 2. The molecule has 0 heterocycles. The van der Waals surface area contributed by atoms with Crippen molar-refractivity contribution in [1.82, 2.24) is 0 Å². The van der Waals surface area contributed by atoms with Gasteiger partial charge in [0.25, 0.3) is 0 Å². The maximum Gasteiger partial charge on any atom is 0.333 e. The fourth-order valence-electron chi connectivity index (χ4n) is 7.18. The molecule has 1 aliphatic rings. The minimum absolute atomic E-state index is 0.0167. The Morgan fingerprint density at radius 2 is 1.35 bits per heavy atom. The van der Waals surface area contributed by atoms with Crippen molar-refractivity contribution in [1.29, 1.82) is 0 Å². The molecular formula is C47H65FO9. The highest BCUT2D eigenvalue weighted by molar-refractivity contribution is 5.87. The molecule has 0 amide bonds. The van der Waals surface area contributed by atoms with Gasteiger partial charge in [-0.15, -0.1) is 0 Å². The van der Waals surface area contributed by atoms with Crippen LogP contribution in [0.25, 0.3) is 11.1 Å². The number of unbranched alkanes of at least 4 members (excludes halogenated alkanes) is 2. The van der Waals surface area contributed by atoms with Gasteiger partial charge in [-0.3, -0.25) is 0 Å². The number of aryl methyl sites for hydroxylation is 2. The number of halogens is 1. The zero-order valence-corrected chi connectivity index (χ0v) is 34.7. The highest BCUT2D eigenvalue weighted by Crippen LogP contribution is 2.40. The normalized spacial score (nSPS) is 15.4. The molecule has 57 heavy (non-hydrogen) atoms. The van der Waals surface area contributed by atoms with E-state index in [4.69, 9.17) is 18.9 Å². The molecular weight excluding hydrogens is 728 g/mol. The second-order valence-corrected chi connectivity index (χ2v) is 15.9. The van der Waals surface area contributed by atoms with E-state index < -0.39 is 29.9 Å². The quantitative estimate of drug-likeness (QED) is 0.0438. The van der Waals surface area contributed by atoms with Crippen molar-refractivity contribution >= 4 is 17.9 Å². The third-order valence-electron chi connectivity index (χ3n) is 10.8. The minimum atomic E-state index is -1.21. The molecule has 1 fully saturated rings. The highest BCUT2D eigenvalue weighted by Gasteiger charge is 2.34. The van der Waals surface area contributed by atoms with Crippen molar-refractivity contribution in [3.8, 4) is 16.9 Å². The molecule has 0 radical (unpaired) electrons. The SMILES string of the molecule is C=C(C)C(=O)OCCCc1cc(-c2ccc(C3CCC(CCCCC)CC3)cc2F)cc(CCCO)c1OCCC(CO)(COC(=O)C(=C)C)COC(=O)C(=C)C. The van der Waals surface area contributed by atoms with Gasteiger partial charge in [0, 0.05) is 28.9 Å². The minimum Gasteiger partial charge on any atom is -0.493 e. The van der Waals surface area contributed by atoms with Crippen molar-refractivity contribution in [2.75, 3.05) is 39.6 Å². The van der Waals surface area contributed by atoms with E-state index in [1.807, 2.05) is 24.3 Å². The molecule has 2 N–H and O–H groups in total. The van der Waals surface area contributed by atoms with Crippen LogP contribution < -0.4 is 4.74 Å². The average Bonchev–Trinajstić information content (AvgIpc) is 3.19. The first-order chi connectivity index (χ1) is 27.2. The molecule has 0 spiro atoms. The van der Waals surface area contributed by atoms with E-state index in [1.165, 1.54) is 52.4 Å². The summed E-state index contributed by atoms with van der Waals surface area (Å²) in [5, 5.41) is 20.4. The van der Waals surface area contributed by atoms with Crippen LogP contribution in [0, 0.1) is 17.2 Å². The standard InChI is InChI=1S/C47H65FO9/c1-8-9-10-13-35-16-18-36(19-17-35)37-20-21-41(42(48)28-37)40-26-38(14-11-23-49)43(39(27-40)15-12-24-55-44(51)32(2)3)54-25-22-47(29-50,30-56-45(52)33(4)5)31-57-46(53)34(6)7/h20-21,26-28,35-36,49-50H,2,4,6,8-19,22-25,29-31H2,1,3,5,7H3. The van der Waals surface area contributed by atoms with E-state index in [1.54, 1.807) is 13.0 Å². The van der Waals surface area contributed by atoms with Crippen LogP contribution in [-0.4, -0.2) is 67.8 Å². The summed E-state index contributed by atoms with van der Waals surface area (Å²) in [6.07, 6.45) is 11.4. The number of carbonyl (C=O) groups is 3. The first-order valence-corrected chi connectivity index (χ1v) is 20.5. The summed E-state index contributed by atoms with van der Waals surface area (Å²) in [5.41, 5.74) is 3.07. The molecule has 0 aromatic heterocycles. The lowest BCUT2D eigenvalue weighted by molar-refractivity contribution is -0.152. The Morgan fingerprint density at radius 1 is 0.772 bits per heavy atom. The molecule has 0 aliphatic heterocycles. The first-order valence-electron chi connectivity index (χ1n) is 20.5. The summed E-state index contributed by atoms with van der Waals surface area (Å²) >= 11 is 0. The van der Waals surface area contributed by atoms with Crippen LogP contribution in [0.15, 0.2) is 66.8 Å². The summed E-state index contributed by atoms with van der Waals surface area (Å²) < 4.78 is 38.8. The van der Waals surface area contributed by atoms with Gasteiger partial charge in [-0.05, 0) is 131 Å². The van der Waals surface area contributed by atoms with Gasteiger partial charge in [-0.2, -0.15) is 0 Å². The van der Waals surface area contributed by atoms with Gasteiger partial charge in [-0.1, -0.05) is 64.5 Å². The molecule has 3 rings (SSSR count). The molecule has 9 nitrogen and oxygen atoms in total. The van der Waals surface area contributed by atoms with Crippen LogP contribution in [0.3, 0.4) is 0 Å². The van der Waals surface area contributed by atoms with Crippen molar-refractivity contribution in [2.45, 2.75) is 117 Å². The fraction of sp³-hybridized carbons (Fsp3) is 0.553. The van der Waals surface area contributed by atoms with E-state index in [0.717, 1.165) is 35.4 Å². The summed E-state index contributed by atoms with van der Waals surface area (Å²) in [4.78, 5) is 36.8. The molecule has 2 aromatic carbocycles. The summed E-state index contributed by atoms with van der Waals surface area (Å²) in [7, 11) is 0. The number of esters is 3. The lowest BCUT2D eigenvalue weighted by Crippen LogP contribution is -2.39. The highest BCUT2D eigenvalue weighted by atomic mass is 19.1. The summed E-state index contributed by atoms with van der Waals surface area (Å²) in [6, 6.07) is 9.36. The van der Waals surface area contributed by atoms with Crippen molar-refractivity contribution in [3.63, 3.8) is 0 Å². The molecule has 1 aliphatic carbocycles. The lowest BCUT2D eigenvalue weighted by Gasteiger charge is -2.31. The molecule has 0 bridgehead atoms. The van der Waals surface area contributed by atoms with Crippen LogP contribution in [0.2, 0.25) is 0 Å². The predicted octanol–water partition coefficient (Wildman–Crippen LogP) is 9.31. The lowest BCUT2D eigenvalue weighted by atomic mass is 9.77. The Kier molecular flexibility index (Phi) is 19.7. The van der Waals surface area contributed by atoms with Gasteiger partial charge < -0.3 is 29.2 Å². The van der Waals surface area contributed by atoms with E-state index in [2.05, 4.69) is 26.7 Å². The first kappa shape index (κ1) is 47.1. The second kappa shape index (κ2) is 23.8. The van der Waals surface area contributed by atoms with Crippen LogP contribution in [0.1, 0.15) is 121 Å². The van der Waals surface area contributed by atoms with Crippen LogP contribution in [0.4, 0.5) is 4.39 Å². The van der Waals surface area contributed by atoms with Crippen molar-refractivity contribution in [3.05, 3.63) is 89.3 Å². The Labute approximate surface area is 339 Å². The van der Waals surface area contributed by atoms with Crippen LogP contribution in [0.5, 0.6) is 5.75 Å². The largest absolute Gasteiger partial charge is 0.493 e. The molecule has 314 valence electrons. The third-order valence-corrected chi connectivity index (χ3v) is 10.8. The summed E-state index contributed by atoms with van der Waals surface area (Å²) in [5.74, 6) is -0.474. The third kappa shape index (κ3) is 14.9. The Balaban J connectivity index is 1.94. The fourth-order valence-corrected chi connectivity index (χ4v) is 7.18. The molecule has 0 saturated heterocycles. The van der Waals surface area contributed by atoms with Gasteiger partial charge >= 0.3 is 17.9 Å². The van der Waals surface area contributed by atoms with Gasteiger partial charge in [-0.25, -0.2) is 18.8 Å². The van der Waals surface area contributed by atoms with Crippen LogP contribution >= 0.6 is 0 Å². The molecule has 2 aromatic rings. The van der Waals surface area contributed by atoms with E-state index in [-0.39, 0.29) is 56.4 Å². The Bertz CT molecular complexity index is 1660. The average molecular weight is 793 g/mol. The zero-order valence-electron chi connectivity index (χ0n) is 34.7. The second-order valence-electron chi connectivity index (χ2n) is 15.9. The molecule has 0 atom stereocenters. The number of aliphatic hydroxyl groups is 2. The van der Waals surface area contributed by atoms with Crippen LogP contribution in [-0.2, 0) is 41.4 Å². The van der Waals surface area contributed by atoms with E-state index in [9.17, 15) is 24.6 Å². The van der Waals surface area contributed by atoms with Gasteiger partial charge in [0.05, 0.1) is 25.2 Å². The Hall–Kier alpha value is -4.28. The number of rotatable bonds is 25. The number of ether oxygens (including phenoxy) is 4. The smallest absolute Gasteiger partial charge is 0.333 e. The summed E-state index contributed by atoms with van der Waals surface area (Å²) in [6.45, 7) is 16.7. The number of carbonyl (C=O) groups excluding carboxylic acids is 3. The van der Waals surface area contributed by atoms with E-state index >= 15 is 4.39 Å². The van der Waals surface area contributed by atoms with Gasteiger partial charge in [0.2, 0.25) is 0 Å². The van der Waals surface area contributed by atoms with Crippen molar-refractivity contribution < 1.29 is 47.9 Å². The maximum atomic E-state index is 16.1.